The van der Waals surface area contributed by atoms with E-state index in [4.69, 9.17) is 31.4 Å². The number of halogens is 4. The number of aromatic nitrogens is 4. The van der Waals surface area contributed by atoms with E-state index in [0.29, 0.717) is 27.7 Å². The lowest BCUT2D eigenvalue weighted by Crippen LogP contribution is -2.50. The standard InChI is InChI=1S/C56H47F4N9O8/c1-4-33-38(57)8-7-29-18-32(61)20-35(44(29)33)45-40(59)21-36-48(46(45)60)64-54(76-26-56-9-5-11-68(56)12-6-10-56)65-50(36)66-13-15-67(16-14-66)51(71)27(2)28(3)77-55(74)63-42-19-30-17-31-24-69-43(47(31)62-41(30)23-39(42)58)22-34-37(52(69)72)25-75-53(73)49(34)70/h1,7-8,17-23,28,49,70H,2,5-6,9-16,24-26,61H2,3H3,(H,63,74). The average Bonchev–Trinajstić information content (AvgIpc) is 4.25. The summed E-state index contributed by atoms with van der Waals surface area (Å²) >= 11 is 0. The lowest BCUT2D eigenvalue weighted by molar-refractivity contribution is -0.157. The van der Waals surface area contributed by atoms with Crippen molar-refractivity contribution >= 4 is 67.7 Å². The normalized spacial score (nSPS) is 17.9. The number of terminal acetylenes is 1. The molecule has 5 aliphatic heterocycles. The van der Waals surface area contributed by atoms with E-state index < -0.39 is 64.6 Å². The third-order valence-corrected chi connectivity index (χ3v) is 15.6. The second-order valence-corrected chi connectivity index (χ2v) is 20.1. The number of carbonyl (C=O) groups excluding carboxylic acids is 3. The van der Waals surface area contributed by atoms with E-state index in [2.05, 4.69) is 32.7 Å². The summed E-state index contributed by atoms with van der Waals surface area (Å²) in [7, 11) is 0. The summed E-state index contributed by atoms with van der Waals surface area (Å²) in [4.78, 5) is 72.1. The van der Waals surface area contributed by atoms with Crippen LogP contribution in [0.5, 0.6) is 6.01 Å². The van der Waals surface area contributed by atoms with Gasteiger partial charge in [0.05, 0.1) is 56.9 Å². The van der Waals surface area contributed by atoms with E-state index in [0.717, 1.165) is 50.9 Å². The molecule has 12 rings (SSSR count). The fraction of sp³-hybridized carbons (Fsp3) is 0.304. The number of cyclic esters (lactones) is 1. The molecule has 21 heteroatoms. The third kappa shape index (κ3) is 8.21. The fourth-order valence-electron chi connectivity index (χ4n) is 11.7. The topological polar surface area (TPSA) is 208 Å². The number of hydrogen-bond donors (Lipinski definition) is 3. The SMILES string of the molecule is C#Cc1c(F)ccc2cc(N)cc(-c3c(F)cc4c(N5CCN(C(=O)C(=C)C(C)OC(=O)Nc6cc7cc8c(nc7cc6F)-c6cc7c(c(=O)n6C8)COC(=O)C7O)CC5)nc(OCC56CCCN5CCC6)nc4c3F)c12. The molecule has 0 radical (unpaired) electrons. The Kier molecular flexibility index (Phi) is 11.9. The summed E-state index contributed by atoms with van der Waals surface area (Å²) in [5, 5.41) is 13.7. The molecule has 3 aromatic heterocycles. The number of amides is 2. The molecule has 4 aromatic carbocycles. The van der Waals surface area contributed by atoms with Crippen LogP contribution in [0.1, 0.15) is 61.0 Å². The number of nitrogen functional groups attached to an aromatic ring is 1. The van der Waals surface area contributed by atoms with Gasteiger partial charge in [0.1, 0.15) is 48.1 Å². The Balaban J connectivity index is 0.759. The van der Waals surface area contributed by atoms with Crippen LogP contribution >= 0.6 is 0 Å². The predicted molar refractivity (Wildman–Crippen MR) is 276 cm³/mol. The molecule has 2 atom stereocenters. The van der Waals surface area contributed by atoms with Gasteiger partial charge in [0.25, 0.3) is 11.5 Å². The maximum atomic E-state index is 17.3. The number of rotatable bonds is 9. The molecule has 0 saturated carbocycles. The zero-order valence-electron chi connectivity index (χ0n) is 41.4. The van der Waals surface area contributed by atoms with Gasteiger partial charge in [-0.3, -0.25) is 19.8 Å². The highest BCUT2D eigenvalue weighted by Gasteiger charge is 2.45. The molecule has 2 unspecified atom stereocenters. The Bertz CT molecular complexity index is 3860. The van der Waals surface area contributed by atoms with E-state index in [1.54, 1.807) is 11.0 Å². The molecule has 5 aliphatic rings. The van der Waals surface area contributed by atoms with Crippen LogP contribution in [0, 0.1) is 35.6 Å². The highest BCUT2D eigenvalue weighted by Crippen LogP contribution is 2.43. The van der Waals surface area contributed by atoms with Gasteiger partial charge in [-0.15, -0.1) is 6.42 Å². The molecular formula is C56H47F4N9O8. The second kappa shape index (κ2) is 18.6. The molecule has 2 amide bonds. The highest BCUT2D eigenvalue weighted by molar-refractivity contribution is 6.05. The number of piperazine rings is 1. The summed E-state index contributed by atoms with van der Waals surface area (Å²) in [6.07, 6.45) is 5.66. The zero-order valence-corrected chi connectivity index (χ0v) is 41.4. The quantitative estimate of drug-likeness (QED) is 0.0428. The largest absolute Gasteiger partial charge is 0.461 e. The van der Waals surface area contributed by atoms with Gasteiger partial charge in [-0.1, -0.05) is 18.6 Å². The lowest BCUT2D eigenvalue weighted by Gasteiger charge is -2.36. The zero-order chi connectivity index (χ0) is 53.8. The van der Waals surface area contributed by atoms with E-state index >= 15 is 17.6 Å². The molecule has 0 aliphatic carbocycles. The van der Waals surface area contributed by atoms with E-state index in [9.17, 15) is 24.3 Å². The van der Waals surface area contributed by atoms with Crippen LogP contribution in [0.25, 0.3) is 55.1 Å². The van der Waals surface area contributed by atoms with Crippen molar-refractivity contribution in [3.8, 4) is 40.9 Å². The smallest absolute Gasteiger partial charge is 0.412 e. The number of esters is 1. The van der Waals surface area contributed by atoms with Gasteiger partial charge in [-0.05, 0) is 99.1 Å². The number of pyridine rings is 2. The van der Waals surface area contributed by atoms with Crippen molar-refractivity contribution in [1.82, 2.24) is 29.3 Å². The van der Waals surface area contributed by atoms with Crippen LogP contribution in [0.15, 0.2) is 71.5 Å². The van der Waals surface area contributed by atoms with Crippen molar-refractivity contribution in [2.24, 2.45) is 0 Å². The van der Waals surface area contributed by atoms with Crippen LogP contribution in [0.4, 0.5) is 39.5 Å². The maximum absolute atomic E-state index is 17.3. The molecule has 4 N–H and O–H groups in total. The number of benzene rings is 4. The second-order valence-electron chi connectivity index (χ2n) is 20.1. The minimum absolute atomic E-state index is 0.0204. The first-order valence-electron chi connectivity index (χ1n) is 25.0. The predicted octanol–water partition coefficient (Wildman–Crippen LogP) is 7.25. The molecule has 3 saturated heterocycles. The van der Waals surface area contributed by atoms with Gasteiger partial charge in [-0.2, -0.15) is 9.97 Å². The molecule has 7 aromatic rings. The van der Waals surface area contributed by atoms with Crippen LogP contribution in [0.3, 0.4) is 0 Å². The monoisotopic (exact) mass is 1050 g/mol. The molecule has 392 valence electrons. The van der Waals surface area contributed by atoms with Crippen molar-refractivity contribution < 1.29 is 51.3 Å². The Labute approximate surface area is 435 Å². The maximum Gasteiger partial charge on any atom is 0.412 e. The van der Waals surface area contributed by atoms with E-state index in [1.807, 2.05) is 0 Å². The number of aliphatic hydroxyl groups excluding tert-OH is 1. The Morgan fingerprint density at radius 1 is 0.961 bits per heavy atom. The molecule has 8 heterocycles. The molecule has 0 bridgehead atoms. The number of hydrogen-bond acceptors (Lipinski definition) is 14. The van der Waals surface area contributed by atoms with E-state index in [1.165, 1.54) is 52.8 Å². The van der Waals surface area contributed by atoms with Crippen LogP contribution < -0.4 is 26.2 Å². The highest BCUT2D eigenvalue weighted by atomic mass is 19.1. The van der Waals surface area contributed by atoms with Gasteiger partial charge in [-0.25, -0.2) is 32.1 Å². The number of ether oxygens (including phenoxy) is 3. The number of nitrogens with zero attached hydrogens (tertiary/aromatic N) is 7. The van der Waals surface area contributed by atoms with Gasteiger partial charge in [0, 0.05) is 65.2 Å². The first-order chi connectivity index (χ1) is 37.0. The third-order valence-electron chi connectivity index (χ3n) is 15.6. The molecule has 77 heavy (non-hydrogen) atoms. The number of fused-ring (bicyclic) bond motifs is 8. The summed E-state index contributed by atoms with van der Waals surface area (Å²) in [6, 6.07) is 12.1. The summed E-state index contributed by atoms with van der Waals surface area (Å²) in [5.41, 5.74) is 6.14. The molecular weight excluding hydrogens is 1000 g/mol. The van der Waals surface area contributed by atoms with E-state index in [-0.39, 0.29) is 124 Å². The molecule has 3 fully saturated rings. The molecule has 17 nitrogen and oxygen atoms in total. The van der Waals surface area contributed by atoms with Crippen LogP contribution in [0.2, 0.25) is 0 Å². The average molecular weight is 1050 g/mol. The fourth-order valence-corrected chi connectivity index (χ4v) is 11.7. The number of nitrogens with one attached hydrogen (secondary N) is 1. The van der Waals surface area contributed by atoms with Crippen LogP contribution in [-0.2, 0) is 32.2 Å². The van der Waals surface area contributed by atoms with Crippen molar-refractivity contribution in [2.45, 2.75) is 63.5 Å². The molecule has 0 spiro atoms. The Morgan fingerprint density at radius 3 is 2.48 bits per heavy atom. The van der Waals surface area contributed by atoms with Crippen LogP contribution in [-0.4, -0.2) is 110 Å². The van der Waals surface area contributed by atoms with Crippen molar-refractivity contribution in [3.63, 3.8) is 0 Å². The summed E-state index contributed by atoms with van der Waals surface area (Å²) < 4.78 is 83.0. The Morgan fingerprint density at radius 2 is 1.73 bits per heavy atom. The Hall–Kier alpha value is -8.61. The number of anilines is 3. The van der Waals surface area contributed by atoms with Gasteiger partial charge < -0.3 is 39.4 Å². The van der Waals surface area contributed by atoms with Gasteiger partial charge in [0.15, 0.2) is 11.9 Å². The van der Waals surface area contributed by atoms with Gasteiger partial charge in [0.2, 0.25) is 0 Å². The number of aliphatic hydroxyl groups is 1. The number of carbonyl (C=O) groups is 3. The minimum Gasteiger partial charge on any atom is -0.461 e. The minimum atomic E-state index is -1.64. The van der Waals surface area contributed by atoms with Crippen molar-refractivity contribution in [1.29, 1.82) is 0 Å². The first kappa shape index (κ1) is 49.3. The van der Waals surface area contributed by atoms with Gasteiger partial charge >= 0.3 is 18.1 Å². The summed E-state index contributed by atoms with van der Waals surface area (Å²) in [6.45, 7) is 7.74. The van der Waals surface area contributed by atoms with Crippen molar-refractivity contribution in [2.75, 3.05) is 61.8 Å². The first-order valence-corrected chi connectivity index (χ1v) is 25.0. The number of nitrogens with two attached hydrogens (primary N) is 1. The van der Waals surface area contributed by atoms with Crippen molar-refractivity contribution in [3.05, 3.63) is 123 Å². The summed E-state index contributed by atoms with van der Waals surface area (Å²) in [5.74, 6) is -2.61. The lowest BCUT2D eigenvalue weighted by atomic mass is 9.92.